The van der Waals surface area contributed by atoms with E-state index in [0.29, 0.717) is 0 Å². The molecule has 0 saturated carbocycles. The van der Waals surface area contributed by atoms with Gasteiger partial charge in [0, 0.05) is 0 Å². The highest BCUT2D eigenvalue weighted by Crippen LogP contribution is 2.33. The summed E-state index contributed by atoms with van der Waals surface area (Å²) in [5, 5.41) is 22.0. The predicted molar refractivity (Wildman–Crippen MR) is 152 cm³/mol. The first-order valence-corrected chi connectivity index (χ1v) is 13.6. The van der Waals surface area contributed by atoms with E-state index in [-0.39, 0.29) is 52.9 Å². The Kier molecular flexibility index (Phi) is 17.2. The van der Waals surface area contributed by atoms with Crippen molar-refractivity contribution in [2.75, 3.05) is 52.9 Å². The van der Waals surface area contributed by atoms with Gasteiger partial charge in [-0.1, -0.05) is 36.5 Å². The maximum absolute atomic E-state index is 11.2. The first kappa shape index (κ1) is 35.2. The number of aliphatic hydroxyl groups excluding tert-OH is 2. The first-order chi connectivity index (χ1) is 20.0. The maximum atomic E-state index is 11.2. The Morgan fingerprint density at radius 3 is 1.51 bits per heavy atom. The quantitative estimate of drug-likeness (QED) is 0.144. The van der Waals surface area contributed by atoms with E-state index in [1.54, 1.807) is 36.5 Å². The summed E-state index contributed by atoms with van der Waals surface area (Å²) in [6, 6.07) is 0. The molecule has 2 N–H and O–H groups in total. The smallest absolute Gasteiger partial charge is 0.187 e. The van der Waals surface area contributed by atoms with Crippen LogP contribution in [0, 0.1) is 0 Å². The topological polar surface area (TPSA) is 124 Å². The molecule has 232 valence electrons. The average Bonchev–Trinajstić information content (AvgIpc) is 2.97. The summed E-state index contributed by atoms with van der Waals surface area (Å²) in [6.07, 6.45) is -0.301. The molecule has 2 fully saturated rings. The van der Waals surface area contributed by atoms with Crippen LogP contribution in [0.25, 0.3) is 0 Å². The van der Waals surface area contributed by atoms with Crippen molar-refractivity contribution in [3.63, 3.8) is 0 Å². The van der Waals surface area contributed by atoms with E-state index < -0.39 is 61.4 Å². The highest BCUT2D eigenvalue weighted by molar-refractivity contribution is 4.97. The van der Waals surface area contributed by atoms with Crippen molar-refractivity contribution in [2.45, 2.75) is 61.4 Å². The number of hydrogen-bond donors (Lipinski definition) is 2. The average molecular weight is 583 g/mol. The van der Waals surface area contributed by atoms with Crippen LogP contribution in [0.4, 0.5) is 0 Å². The summed E-state index contributed by atoms with van der Waals surface area (Å²) in [5.41, 5.74) is 0. The molecule has 41 heavy (non-hydrogen) atoms. The molecule has 0 radical (unpaired) electrons. The number of aliphatic hydroxyl groups is 2. The van der Waals surface area contributed by atoms with Crippen LogP contribution in [0.1, 0.15) is 0 Å². The molecule has 11 heteroatoms. The maximum Gasteiger partial charge on any atom is 0.187 e. The van der Waals surface area contributed by atoms with Crippen LogP contribution < -0.4 is 0 Å². The summed E-state index contributed by atoms with van der Waals surface area (Å²) >= 11 is 0. The largest absolute Gasteiger partial charge is 0.387 e. The van der Waals surface area contributed by atoms with E-state index in [9.17, 15) is 10.2 Å². The van der Waals surface area contributed by atoms with Crippen molar-refractivity contribution in [2.24, 2.45) is 0 Å². The van der Waals surface area contributed by atoms with E-state index in [2.05, 4.69) is 39.5 Å². The molecule has 2 heterocycles. The Bertz CT molecular complexity index is 805. The molecule has 0 aromatic rings. The van der Waals surface area contributed by atoms with Gasteiger partial charge >= 0.3 is 0 Å². The lowest BCUT2D eigenvalue weighted by molar-refractivity contribution is -0.366. The van der Waals surface area contributed by atoms with Gasteiger partial charge in [0.15, 0.2) is 12.6 Å². The minimum Gasteiger partial charge on any atom is -0.387 e. The molecule has 0 amide bonds. The second kappa shape index (κ2) is 20.0. The van der Waals surface area contributed by atoms with Gasteiger partial charge in [-0.3, -0.25) is 0 Å². The zero-order valence-electron chi connectivity index (χ0n) is 23.7. The third-order valence-corrected chi connectivity index (χ3v) is 6.18. The molecule has 0 aliphatic carbocycles. The van der Waals surface area contributed by atoms with Gasteiger partial charge in [0.05, 0.1) is 52.9 Å². The molecule has 2 aliphatic heterocycles. The number of ether oxygens (including phenoxy) is 9. The molecule has 2 aliphatic rings. The van der Waals surface area contributed by atoms with Gasteiger partial charge in [-0.15, -0.1) is 39.5 Å². The Hall–Kier alpha value is -2.00. The fraction of sp³-hybridized carbons (Fsp3) is 0.600. The van der Waals surface area contributed by atoms with Crippen molar-refractivity contribution in [3.05, 3.63) is 75.9 Å². The van der Waals surface area contributed by atoms with Gasteiger partial charge < -0.3 is 52.8 Å². The zero-order valence-corrected chi connectivity index (χ0v) is 23.7. The van der Waals surface area contributed by atoms with E-state index in [1.807, 2.05) is 0 Å². The van der Waals surface area contributed by atoms with Crippen LogP contribution in [0.5, 0.6) is 0 Å². The molecule has 0 bridgehead atoms. The lowest BCUT2D eigenvalue weighted by atomic mass is 9.96. The fourth-order valence-electron chi connectivity index (χ4n) is 4.47. The van der Waals surface area contributed by atoms with Crippen molar-refractivity contribution in [1.82, 2.24) is 0 Å². The fourth-order valence-corrected chi connectivity index (χ4v) is 4.47. The first-order valence-electron chi connectivity index (χ1n) is 13.6. The van der Waals surface area contributed by atoms with Crippen LogP contribution in [-0.4, -0.2) is 124 Å². The highest BCUT2D eigenvalue weighted by Gasteiger charge is 2.53. The molecule has 2 rings (SSSR count). The van der Waals surface area contributed by atoms with Gasteiger partial charge in [-0.05, 0) is 0 Å². The van der Waals surface area contributed by atoms with E-state index in [1.165, 1.54) is 0 Å². The molecule has 0 unspecified atom stereocenters. The van der Waals surface area contributed by atoms with Crippen LogP contribution in [0.3, 0.4) is 0 Å². The van der Waals surface area contributed by atoms with E-state index in [4.69, 9.17) is 42.6 Å². The van der Waals surface area contributed by atoms with Crippen LogP contribution in [0.15, 0.2) is 75.9 Å². The molecule has 0 spiro atoms. The van der Waals surface area contributed by atoms with Crippen LogP contribution >= 0.6 is 0 Å². The molecule has 0 aromatic carbocycles. The third-order valence-electron chi connectivity index (χ3n) is 6.18. The predicted octanol–water partition coefficient (Wildman–Crippen LogP) is 1.86. The second-order valence-corrected chi connectivity index (χ2v) is 9.20. The summed E-state index contributed by atoms with van der Waals surface area (Å²) in [4.78, 5) is 0. The van der Waals surface area contributed by atoms with Crippen LogP contribution in [-0.2, 0) is 42.6 Å². The SMILES string of the molecule is C=CCOC[C@H]1O[C@@H](O[C@H]2[C@H](OCC=C)[C@@H](OCC=C)[C@@H](O)O[C@@H]2COCC=C)[C@H](OCC=C)[C@@H](OCC=C)[C@H]1O. The Balaban J connectivity index is 2.47. The Labute approximate surface area is 243 Å². The lowest BCUT2D eigenvalue weighted by Crippen LogP contribution is -2.66. The number of rotatable bonds is 22. The molecule has 2 saturated heterocycles. The van der Waals surface area contributed by atoms with Crippen LogP contribution in [0.2, 0.25) is 0 Å². The van der Waals surface area contributed by atoms with E-state index >= 15 is 0 Å². The summed E-state index contributed by atoms with van der Waals surface area (Å²) < 4.78 is 53.9. The molecular weight excluding hydrogens is 536 g/mol. The summed E-state index contributed by atoms with van der Waals surface area (Å²) in [7, 11) is 0. The molecule has 0 aromatic heterocycles. The van der Waals surface area contributed by atoms with Crippen molar-refractivity contribution in [3.8, 4) is 0 Å². The third kappa shape index (κ3) is 10.7. The van der Waals surface area contributed by atoms with Crippen molar-refractivity contribution < 1.29 is 52.8 Å². The van der Waals surface area contributed by atoms with Gasteiger partial charge in [0.25, 0.3) is 0 Å². The molecular formula is C30H46O11. The van der Waals surface area contributed by atoms with Gasteiger partial charge in [0.1, 0.15) is 48.8 Å². The second-order valence-electron chi connectivity index (χ2n) is 9.20. The normalized spacial score (nSPS) is 33.5. The monoisotopic (exact) mass is 582 g/mol. The van der Waals surface area contributed by atoms with Crippen molar-refractivity contribution >= 4 is 0 Å². The van der Waals surface area contributed by atoms with Gasteiger partial charge in [-0.2, -0.15) is 0 Å². The number of hydrogen-bond acceptors (Lipinski definition) is 11. The van der Waals surface area contributed by atoms with E-state index in [0.717, 1.165) is 0 Å². The minimum atomic E-state index is -1.35. The van der Waals surface area contributed by atoms with Crippen molar-refractivity contribution in [1.29, 1.82) is 0 Å². The summed E-state index contributed by atoms with van der Waals surface area (Å²) in [6.45, 7) is 23.2. The standard InChI is InChI=1S/C30H46O11/c1-7-13-33-19-21-23(31)25(35-15-9-3)28(38-18-12-6)30(40-21)41-24-22(20-34-14-8-2)39-29(32)27(37-17-11-5)26(24)36-16-10-4/h7-12,21-32H,1-6,13-20H2/t21-,22-,23+,24-,25+,26+,27-,28-,29+,30+/m1/s1. The Morgan fingerprint density at radius 2 is 0.976 bits per heavy atom. The summed E-state index contributed by atoms with van der Waals surface area (Å²) in [5.74, 6) is 0. The minimum absolute atomic E-state index is 0.0302. The van der Waals surface area contributed by atoms with Gasteiger partial charge in [-0.25, -0.2) is 0 Å². The zero-order chi connectivity index (χ0) is 30.0. The highest BCUT2D eigenvalue weighted by atomic mass is 16.7. The Morgan fingerprint density at radius 1 is 0.512 bits per heavy atom. The lowest BCUT2D eigenvalue weighted by Gasteiger charge is -2.48. The molecule has 11 nitrogen and oxygen atoms in total. The molecule has 10 atom stereocenters. The van der Waals surface area contributed by atoms with Gasteiger partial charge in [0.2, 0.25) is 0 Å².